The summed E-state index contributed by atoms with van der Waals surface area (Å²) in [6, 6.07) is 0. The molecular weight excluding hydrogens is 232 g/mol. The summed E-state index contributed by atoms with van der Waals surface area (Å²) in [6.07, 6.45) is 2.30. The van der Waals surface area contributed by atoms with Crippen molar-refractivity contribution in [3.8, 4) is 0 Å². The maximum absolute atomic E-state index is 11.1. The first kappa shape index (κ1) is 15.2. The van der Waals surface area contributed by atoms with Crippen molar-refractivity contribution in [3.05, 3.63) is 0 Å². The molecule has 0 rings (SSSR count). The summed E-state index contributed by atoms with van der Waals surface area (Å²) in [5.74, 6) is -0.593. The number of hydrogen-bond acceptors (Lipinski definition) is 4. The van der Waals surface area contributed by atoms with Crippen molar-refractivity contribution >= 4 is 23.5 Å². The first-order valence-electron chi connectivity index (χ1n) is 5.58. The van der Waals surface area contributed by atoms with E-state index in [1.54, 1.807) is 13.8 Å². The fraction of sp³-hybridized carbons (Fsp3) is 0.818. The summed E-state index contributed by atoms with van der Waals surface area (Å²) < 4.78 is 9.53. The summed E-state index contributed by atoms with van der Waals surface area (Å²) in [7, 11) is 0. The SMILES string of the molecule is CCOC(=O)CCCCC(Cl)C(=O)OCC. The lowest BCUT2D eigenvalue weighted by Gasteiger charge is -2.07. The average molecular weight is 251 g/mol. The molecule has 0 N–H and O–H groups in total. The van der Waals surface area contributed by atoms with Crippen LogP contribution >= 0.6 is 11.6 Å². The van der Waals surface area contributed by atoms with Crippen LogP contribution in [0.1, 0.15) is 39.5 Å². The van der Waals surface area contributed by atoms with Gasteiger partial charge in [0.25, 0.3) is 0 Å². The molecule has 1 atom stereocenters. The van der Waals surface area contributed by atoms with Gasteiger partial charge in [-0.25, -0.2) is 0 Å². The van der Waals surface area contributed by atoms with Gasteiger partial charge in [0.05, 0.1) is 13.2 Å². The first-order chi connectivity index (χ1) is 7.61. The Bertz CT molecular complexity index is 218. The molecule has 16 heavy (non-hydrogen) atoms. The van der Waals surface area contributed by atoms with E-state index in [-0.39, 0.29) is 11.9 Å². The van der Waals surface area contributed by atoms with E-state index in [4.69, 9.17) is 21.1 Å². The molecule has 0 bridgehead atoms. The molecule has 0 aliphatic heterocycles. The van der Waals surface area contributed by atoms with Crippen LogP contribution in [0.3, 0.4) is 0 Å². The van der Waals surface area contributed by atoms with Crippen LogP contribution < -0.4 is 0 Å². The van der Waals surface area contributed by atoms with Crippen LogP contribution in [-0.2, 0) is 19.1 Å². The number of unbranched alkanes of at least 4 members (excludes halogenated alkanes) is 1. The average Bonchev–Trinajstić information content (AvgIpc) is 2.24. The largest absolute Gasteiger partial charge is 0.466 e. The molecule has 0 aliphatic rings. The second-order valence-electron chi connectivity index (χ2n) is 3.27. The van der Waals surface area contributed by atoms with Crippen LogP contribution in [0.4, 0.5) is 0 Å². The Balaban J connectivity index is 3.51. The van der Waals surface area contributed by atoms with Crippen LogP contribution in [0.15, 0.2) is 0 Å². The highest BCUT2D eigenvalue weighted by atomic mass is 35.5. The van der Waals surface area contributed by atoms with Gasteiger partial charge in [0.1, 0.15) is 5.38 Å². The second kappa shape index (κ2) is 9.46. The molecule has 0 spiro atoms. The Hall–Kier alpha value is -0.770. The Morgan fingerprint density at radius 1 is 1.12 bits per heavy atom. The van der Waals surface area contributed by atoms with Crippen molar-refractivity contribution in [2.45, 2.75) is 44.9 Å². The van der Waals surface area contributed by atoms with Gasteiger partial charge < -0.3 is 9.47 Å². The number of carbonyl (C=O) groups excluding carboxylic acids is 2. The third kappa shape index (κ3) is 7.51. The van der Waals surface area contributed by atoms with Gasteiger partial charge in [0.2, 0.25) is 0 Å². The molecule has 0 heterocycles. The molecular formula is C11H19ClO4. The van der Waals surface area contributed by atoms with Crippen molar-refractivity contribution in [3.63, 3.8) is 0 Å². The summed E-state index contributed by atoms with van der Waals surface area (Å²) in [4.78, 5) is 22.1. The van der Waals surface area contributed by atoms with Gasteiger partial charge in [-0.15, -0.1) is 11.6 Å². The number of rotatable bonds is 8. The van der Waals surface area contributed by atoms with Gasteiger partial charge in [0, 0.05) is 6.42 Å². The number of halogens is 1. The zero-order chi connectivity index (χ0) is 12.4. The van der Waals surface area contributed by atoms with E-state index >= 15 is 0 Å². The van der Waals surface area contributed by atoms with E-state index < -0.39 is 5.38 Å². The molecule has 5 heteroatoms. The summed E-state index contributed by atoms with van der Waals surface area (Å²) >= 11 is 5.80. The van der Waals surface area contributed by atoms with Gasteiger partial charge >= 0.3 is 11.9 Å². The van der Waals surface area contributed by atoms with Gasteiger partial charge in [-0.1, -0.05) is 6.42 Å². The maximum atomic E-state index is 11.1. The minimum Gasteiger partial charge on any atom is -0.466 e. The van der Waals surface area contributed by atoms with E-state index in [0.29, 0.717) is 38.9 Å². The minimum absolute atomic E-state index is 0.204. The highest BCUT2D eigenvalue weighted by molar-refractivity contribution is 6.29. The summed E-state index contributed by atoms with van der Waals surface area (Å²) in [5.41, 5.74) is 0. The van der Waals surface area contributed by atoms with E-state index in [9.17, 15) is 9.59 Å². The highest BCUT2D eigenvalue weighted by Gasteiger charge is 2.15. The van der Waals surface area contributed by atoms with Gasteiger partial charge in [-0.2, -0.15) is 0 Å². The molecule has 0 aromatic rings. The van der Waals surface area contributed by atoms with Crippen LogP contribution in [0.25, 0.3) is 0 Å². The first-order valence-corrected chi connectivity index (χ1v) is 6.01. The standard InChI is InChI=1S/C11H19ClO4/c1-3-15-10(13)8-6-5-7-9(12)11(14)16-4-2/h9H,3-8H2,1-2H3. The number of ether oxygens (including phenoxy) is 2. The Labute approximate surface area is 101 Å². The van der Waals surface area contributed by atoms with Crippen molar-refractivity contribution in [1.29, 1.82) is 0 Å². The third-order valence-electron chi connectivity index (χ3n) is 1.94. The monoisotopic (exact) mass is 250 g/mol. The molecule has 4 nitrogen and oxygen atoms in total. The van der Waals surface area contributed by atoms with Crippen molar-refractivity contribution in [2.75, 3.05) is 13.2 Å². The maximum Gasteiger partial charge on any atom is 0.324 e. The molecule has 0 aromatic heterocycles. The number of carbonyl (C=O) groups is 2. The van der Waals surface area contributed by atoms with E-state index in [0.717, 1.165) is 0 Å². The van der Waals surface area contributed by atoms with E-state index in [1.165, 1.54) is 0 Å². The third-order valence-corrected chi connectivity index (χ3v) is 2.33. The zero-order valence-corrected chi connectivity index (χ0v) is 10.6. The smallest absolute Gasteiger partial charge is 0.324 e. The van der Waals surface area contributed by atoms with Crippen molar-refractivity contribution in [1.82, 2.24) is 0 Å². The second-order valence-corrected chi connectivity index (χ2v) is 3.80. The predicted molar refractivity (Wildman–Crippen MR) is 61.4 cm³/mol. The summed E-state index contributed by atoms with van der Waals surface area (Å²) in [6.45, 7) is 4.25. The Morgan fingerprint density at radius 2 is 1.75 bits per heavy atom. The zero-order valence-electron chi connectivity index (χ0n) is 9.83. The quantitative estimate of drug-likeness (QED) is 0.377. The molecule has 0 radical (unpaired) electrons. The van der Waals surface area contributed by atoms with Gasteiger partial charge in [0.15, 0.2) is 0 Å². The molecule has 0 saturated heterocycles. The molecule has 1 unspecified atom stereocenters. The Kier molecular flexibility index (Phi) is 9.00. The molecule has 0 amide bonds. The fourth-order valence-electron chi connectivity index (χ4n) is 1.18. The summed E-state index contributed by atoms with van der Waals surface area (Å²) in [5, 5.41) is -0.609. The van der Waals surface area contributed by atoms with Crippen LogP contribution in [0, 0.1) is 0 Å². The lowest BCUT2D eigenvalue weighted by atomic mass is 10.1. The van der Waals surface area contributed by atoms with Gasteiger partial charge in [-0.05, 0) is 26.7 Å². The lowest BCUT2D eigenvalue weighted by molar-refractivity contribution is -0.143. The van der Waals surface area contributed by atoms with Crippen LogP contribution in [0.5, 0.6) is 0 Å². The minimum atomic E-state index is -0.609. The molecule has 0 aliphatic carbocycles. The van der Waals surface area contributed by atoms with Crippen LogP contribution in [0.2, 0.25) is 0 Å². The normalized spacial score (nSPS) is 11.9. The molecule has 0 aromatic carbocycles. The number of alkyl halides is 1. The topological polar surface area (TPSA) is 52.6 Å². The fourth-order valence-corrected chi connectivity index (χ4v) is 1.39. The number of esters is 2. The lowest BCUT2D eigenvalue weighted by Crippen LogP contribution is -2.17. The molecule has 94 valence electrons. The molecule has 0 fully saturated rings. The predicted octanol–water partition coefficient (Wildman–Crippen LogP) is 2.28. The number of hydrogen-bond donors (Lipinski definition) is 0. The van der Waals surface area contributed by atoms with E-state index in [1.807, 2.05) is 0 Å². The van der Waals surface area contributed by atoms with Gasteiger partial charge in [-0.3, -0.25) is 9.59 Å². The van der Waals surface area contributed by atoms with Crippen molar-refractivity contribution < 1.29 is 19.1 Å². The highest BCUT2D eigenvalue weighted by Crippen LogP contribution is 2.11. The van der Waals surface area contributed by atoms with Crippen molar-refractivity contribution in [2.24, 2.45) is 0 Å². The van der Waals surface area contributed by atoms with E-state index in [2.05, 4.69) is 0 Å². The van der Waals surface area contributed by atoms with Crippen LogP contribution in [-0.4, -0.2) is 30.5 Å². The molecule has 0 saturated carbocycles. The Morgan fingerprint density at radius 3 is 2.31 bits per heavy atom.